The Kier molecular flexibility index (Phi) is 7.19. The zero-order valence-corrected chi connectivity index (χ0v) is 19.0. The van der Waals surface area contributed by atoms with E-state index in [4.69, 9.17) is 5.11 Å². The van der Waals surface area contributed by atoms with Crippen LogP contribution < -0.4 is 10.9 Å². The quantitative estimate of drug-likeness (QED) is 0.636. The summed E-state index contributed by atoms with van der Waals surface area (Å²) >= 11 is 1.17. The van der Waals surface area contributed by atoms with Crippen LogP contribution in [0.15, 0.2) is 28.4 Å². The summed E-state index contributed by atoms with van der Waals surface area (Å²) < 4.78 is 1.87. The van der Waals surface area contributed by atoms with E-state index in [9.17, 15) is 14.4 Å². The van der Waals surface area contributed by atoms with Gasteiger partial charge in [-0.25, -0.2) is 4.98 Å². The van der Waals surface area contributed by atoms with Gasteiger partial charge in [-0.3, -0.25) is 19.7 Å². The Morgan fingerprint density at radius 3 is 2.75 bits per heavy atom. The number of hydrogen-bond acceptors (Lipinski definition) is 5. The van der Waals surface area contributed by atoms with Gasteiger partial charge in [-0.2, -0.15) is 0 Å². The number of aromatic nitrogens is 2. The first kappa shape index (κ1) is 22.5. The van der Waals surface area contributed by atoms with Crippen LogP contribution in [0.4, 0.5) is 5.13 Å². The predicted octanol–water partition coefficient (Wildman–Crippen LogP) is 4.20. The molecule has 0 spiro atoms. The van der Waals surface area contributed by atoms with Crippen molar-refractivity contribution in [2.75, 3.05) is 5.32 Å². The first-order valence-corrected chi connectivity index (χ1v) is 12.3. The van der Waals surface area contributed by atoms with Crippen molar-refractivity contribution in [1.29, 1.82) is 0 Å². The predicted molar refractivity (Wildman–Crippen MR) is 124 cm³/mol. The van der Waals surface area contributed by atoms with Crippen molar-refractivity contribution in [2.24, 2.45) is 5.92 Å². The molecule has 2 aromatic heterocycles. The number of carbonyl (C=O) groups is 2. The summed E-state index contributed by atoms with van der Waals surface area (Å²) in [5.74, 6) is -1.05. The summed E-state index contributed by atoms with van der Waals surface area (Å²) in [6.45, 7) is 0.645. The van der Waals surface area contributed by atoms with Gasteiger partial charge in [0.15, 0.2) is 5.13 Å². The van der Waals surface area contributed by atoms with Crippen molar-refractivity contribution < 1.29 is 14.7 Å². The van der Waals surface area contributed by atoms with Gasteiger partial charge in [-0.05, 0) is 62.5 Å². The number of nitrogens with one attached hydrogen (secondary N) is 1. The maximum Gasteiger partial charge on any atom is 0.309 e. The molecule has 2 N–H and O–H groups in total. The highest BCUT2D eigenvalue weighted by Gasteiger charge is 2.23. The molecule has 0 radical (unpaired) electrons. The number of carbonyl (C=O) groups excluding carboxylic acids is 1. The van der Waals surface area contributed by atoms with Crippen LogP contribution in [0.1, 0.15) is 72.3 Å². The smallest absolute Gasteiger partial charge is 0.309 e. The number of allylic oxidation sites excluding steroid dienone is 2. The number of aryl methyl sites for hydroxylation is 1. The highest BCUT2D eigenvalue weighted by Crippen LogP contribution is 2.25. The number of aliphatic carboxylic acids is 1. The van der Waals surface area contributed by atoms with E-state index in [0.29, 0.717) is 23.3 Å². The van der Waals surface area contributed by atoms with Crippen molar-refractivity contribution in [2.45, 2.75) is 70.8 Å². The molecule has 0 fully saturated rings. The molecule has 2 heterocycles. The number of fused-ring (bicyclic) bond motifs is 1. The van der Waals surface area contributed by atoms with Gasteiger partial charge >= 0.3 is 5.97 Å². The topological polar surface area (TPSA) is 101 Å². The van der Waals surface area contributed by atoms with Gasteiger partial charge in [-0.1, -0.05) is 25.0 Å². The molecule has 1 atom stereocenters. The Morgan fingerprint density at radius 1 is 1.19 bits per heavy atom. The number of hydrogen-bond donors (Lipinski definition) is 2. The summed E-state index contributed by atoms with van der Waals surface area (Å²) in [5, 5.41) is 13.5. The van der Waals surface area contributed by atoms with Crippen LogP contribution in [0.5, 0.6) is 0 Å². The number of pyridine rings is 1. The second kappa shape index (κ2) is 10.3. The number of anilines is 1. The monoisotopic (exact) mass is 455 g/mol. The SMILES string of the molecule is O=C(O)Cc1csc(NC(=O)c2cc3c(n(CC4CC=CCC4)c2=O)CCCCCC3)n1. The van der Waals surface area contributed by atoms with E-state index in [1.165, 1.54) is 24.2 Å². The van der Waals surface area contributed by atoms with Crippen LogP contribution in [0.2, 0.25) is 0 Å². The van der Waals surface area contributed by atoms with Crippen LogP contribution in [0, 0.1) is 5.92 Å². The molecular formula is C24H29N3O4S. The largest absolute Gasteiger partial charge is 0.481 e. The molecule has 1 amide bonds. The molecule has 8 heteroatoms. The van der Waals surface area contributed by atoms with E-state index in [-0.39, 0.29) is 17.5 Å². The van der Waals surface area contributed by atoms with Crippen molar-refractivity contribution >= 4 is 28.3 Å². The summed E-state index contributed by atoms with van der Waals surface area (Å²) in [6, 6.07) is 1.78. The first-order chi connectivity index (χ1) is 15.5. The molecule has 0 aromatic carbocycles. The van der Waals surface area contributed by atoms with Crippen LogP contribution in [0.3, 0.4) is 0 Å². The number of nitrogens with zero attached hydrogens (tertiary/aromatic N) is 2. The molecule has 2 aliphatic rings. The molecule has 2 aromatic rings. The molecule has 0 saturated heterocycles. The second-order valence-corrected chi connectivity index (χ2v) is 9.54. The lowest BCUT2D eigenvalue weighted by Gasteiger charge is -2.25. The maximum absolute atomic E-state index is 13.5. The minimum atomic E-state index is -0.977. The number of rotatable bonds is 6. The second-order valence-electron chi connectivity index (χ2n) is 8.68. The third kappa shape index (κ3) is 5.35. The van der Waals surface area contributed by atoms with E-state index < -0.39 is 11.9 Å². The van der Waals surface area contributed by atoms with E-state index >= 15 is 0 Å². The average Bonchev–Trinajstić information content (AvgIpc) is 3.17. The Morgan fingerprint density at radius 2 is 2.00 bits per heavy atom. The number of carboxylic acid groups (broad SMARTS) is 1. The van der Waals surface area contributed by atoms with E-state index in [1.54, 1.807) is 11.4 Å². The van der Waals surface area contributed by atoms with Gasteiger partial charge in [0.2, 0.25) is 0 Å². The molecule has 2 aliphatic carbocycles. The summed E-state index contributed by atoms with van der Waals surface area (Å²) in [6.07, 6.45) is 13.4. The summed E-state index contributed by atoms with van der Waals surface area (Å²) in [4.78, 5) is 41.6. The molecule has 1 unspecified atom stereocenters. The van der Waals surface area contributed by atoms with E-state index in [1.807, 2.05) is 4.57 Å². The van der Waals surface area contributed by atoms with Crippen molar-refractivity contribution in [3.05, 3.63) is 56.5 Å². The molecule has 170 valence electrons. The van der Waals surface area contributed by atoms with Crippen LogP contribution >= 0.6 is 11.3 Å². The van der Waals surface area contributed by atoms with E-state index in [2.05, 4.69) is 22.5 Å². The minimum absolute atomic E-state index is 0.144. The fraction of sp³-hybridized carbons (Fsp3) is 0.500. The molecule has 32 heavy (non-hydrogen) atoms. The zero-order valence-electron chi connectivity index (χ0n) is 18.1. The number of thiazole rings is 1. The lowest BCUT2D eigenvalue weighted by Crippen LogP contribution is -2.34. The van der Waals surface area contributed by atoms with Crippen molar-refractivity contribution in [1.82, 2.24) is 9.55 Å². The molecule has 0 aliphatic heterocycles. The number of amides is 1. The molecule has 0 bridgehead atoms. The Hall–Kier alpha value is -2.74. The van der Waals surface area contributed by atoms with Gasteiger partial charge in [-0.15, -0.1) is 11.3 Å². The minimum Gasteiger partial charge on any atom is -0.481 e. The van der Waals surface area contributed by atoms with E-state index in [0.717, 1.165) is 56.2 Å². The average molecular weight is 456 g/mol. The van der Waals surface area contributed by atoms with Gasteiger partial charge < -0.3 is 9.67 Å². The zero-order chi connectivity index (χ0) is 22.5. The van der Waals surface area contributed by atoms with Crippen molar-refractivity contribution in [3.8, 4) is 0 Å². The fourth-order valence-corrected chi connectivity index (χ4v) is 5.34. The summed E-state index contributed by atoms with van der Waals surface area (Å²) in [7, 11) is 0. The van der Waals surface area contributed by atoms with Gasteiger partial charge in [0, 0.05) is 17.6 Å². The van der Waals surface area contributed by atoms with Gasteiger partial charge in [0.25, 0.3) is 11.5 Å². The molecule has 0 saturated carbocycles. The number of carboxylic acids is 1. The van der Waals surface area contributed by atoms with Crippen LogP contribution in [-0.4, -0.2) is 26.5 Å². The van der Waals surface area contributed by atoms with Crippen LogP contribution in [-0.2, 0) is 30.6 Å². The van der Waals surface area contributed by atoms with Crippen LogP contribution in [0.25, 0.3) is 0 Å². The standard InChI is InChI=1S/C24H29N3O4S/c28-21(29)13-18-15-32-24(25-18)26-22(30)19-12-17-10-6-1-2-7-11-20(17)27(23(19)31)14-16-8-4-3-5-9-16/h3-4,12,15-16H,1-2,5-11,13-14H2,(H,28,29)(H,25,26,30). The lowest BCUT2D eigenvalue weighted by molar-refractivity contribution is -0.136. The van der Waals surface area contributed by atoms with Gasteiger partial charge in [0.1, 0.15) is 5.56 Å². The molecule has 4 rings (SSSR count). The third-order valence-corrected chi connectivity index (χ3v) is 7.07. The van der Waals surface area contributed by atoms with Crippen molar-refractivity contribution in [3.63, 3.8) is 0 Å². The Labute approximate surface area is 191 Å². The molecule has 7 nitrogen and oxygen atoms in total. The normalized spacial score (nSPS) is 18.4. The Bertz CT molecular complexity index is 1090. The fourth-order valence-electron chi connectivity index (χ4n) is 4.64. The summed E-state index contributed by atoms with van der Waals surface area (Å²) in [5.41, 5.74) is 2.49. The van der Waals surface area contributed by atoms with Gasteiger partial charge in [0.05, 0.1) is 12.1 Å². The Balaban J connectivity index is 1.65. The lowest BCUT2D eigenvalue weighted by atomic mass is 9.92. The molecular weight excluding hydrogens is 426 g/mol. The first-order valence-electron chi connectivity index (χ1n) is 11.4. The highest BCUT2D eigenvalue weighted by atomic mass is 32.1. The highest BCUT2D eigenvalue weighted by molar-refractivity contribution is 7.14. The maximum atomic E-state index is 13.5. The third-order valence-electron chi connectivity index (χ3n) is 6.27.